The topological polar surface area (TPSA) is 126 Å². The number of ether oxygens (including phenoxy) is 3. The van der Waals surface area contributed by atoms with Crippen molar-refractivity contribution in [1.29, 1.82) is 0 Å². The van der Waals surface area contributed by atoms with Gasteiger partial charge in [-0.2, -0.15) is 0 Å². The average Bonchev–Trinajstić information content (AvgIpc) is 2.97. The van der Waals surface area contributed by atoms with Crippen LogP contribution < -0.4 is 0 Å². The minimum atomic E-state index is -1.60. The Bertz CT molecular complexity index is 1190. The smallest absolute Gasteiger partial charge is 0.315 e. The minimum absolute atomic E-state index is 0.0151. The van der Waals surface area contributed by atoms with Crippen LogP contribution in [0, 0.1) is 50.2 Å². The van der Waals surface area contributed by atoms with E-state index in [1.807, 2.05) is 7.11 Å². The number of fused-ring (bicyclic) bond motifs is 7. The number of hydrogen-bond donors (Lipinski definition) is 4. The van der Waals surface area contributed by atoms with Crippen molar-refractivity contribution in [2.24, 2.45) is 50.2 Å². The number of hydrogen-bond acceptors (Lipinski definition) is 8. The zero-order chi connectivity index (χ0) is 33.0. The normalized spacial score (nSPS) is 51.9. The molecule has 0 bridgehead atoms. The van der Waals surface area contributed by atoms with Gasteiger partial charge in [0.15, 0.2) is 0 Å². The third-order valence-corrected chi connectivity index (χ3v) is 15.3. The van der Waals surface area contributed by atoms with Crippen LogP contribution in [0.4, 0.5) is 0 Å². The lowest BCUT2D eigenvalue weighted by molar-refractivity contribution is -0.297. The van der Waals surface area contributed by atoms with Gasteiger partial charge in [-0.1, -0.05) is 60.1 Å². The second kappa shape index (κ2) is 11.0. The first-order valence-corrected chi connectivity index (χ1v) is 17.7. The van der Waals surface area contributed by atoms with Crippen LogP contribution in [-0.2, 0) is 19.0 Å². The molecule has 1 aliphatic heterocycles. The van der Waals surface area contributed by atoms with Crippen LogP contribution in [0.1, 0.15) is 113 Å². The zero-order valence-electron chi connectivity index (χ0n) is 29.0. The average molecular weight is 633 g/mol. The van der Waals surface area contributed by atoms with Gasteiger partial charge in [0.25, 0.3) is 0 Å². The standard InChI is InChI=1S/C37H60O8/c1-32(2)15-17-37(31(42)45-30-29(41)28(40)27(39)23(20-38)44-30)18-16-35(6)21(22(37)19-32)9-10-25-34(5)13-12-26(43-8)33(3,4)24(34)11-14-36(25,35)7/h9,22-30,38-41H,10-20H2,1-8H3. The van der Waals surface area contributed by atoms with Gasteiger partial charge in [-0.05, 0) is 109 Å². The van der Waals surface area contributed by atoms with Gasteiger partial charge in [-0.3, -0.25) is 4.79 Å². The summed E-state index contributed by atoms with van der Waals surface area (Å²) in [6.45, 7) is 16.5. The Morgan fingerprint density at radius 1 is 0.889 bits per heavy atom. The Morgan fingerprint density at radius 2 is 1.58 bits per heavy atom. The third-order valence-electron chi connectivity index (χ3n) is 15.3. The summed E-state index contributed by atoms with van der Waals surface area (Å²) in [7, 11) is 1.88. The Hall–Kier alpha value is -1.03. The number of aliphatic hydroxyl groups excluding tert-OH is 4. The zero-order valence-corrected chi connectivity index (χ0v) is 29.0. The molecule has 0 amide bonds. The maximum atomic E-state index is 14.4. The van der Waals surface area contributed by atoms with Crippen LogP contribution in [0.3, 0.4) is 0 Å². The Kier molecular flexibility index (Phi) is 8.27. The highest BCUT2D eigenvalue weighted by molar-refractivity contribution is 5.79. The Labute approximate surface area is 270 Å². The molecule has 8 heteroatoms. The van der Waals surface area contributed by atoms with E-state index in [0.717, 1.165) is 32.1 Å². The molecule has 0 aromatic heterocycles. The predicted octanol–water partition coefficient (Wildman–Crippen LogP) is 5.15. The summed E-state index contributed by atoms with van der Waals surface area (Å²) in [5, 5.41) is 41.1. The summed E-state index contributed by atoms with van der Waals surface area (Å²) in [5.74, 6) is 0.782. The third kappa shape index (κ3) is 4.69. The molecule has 13 unspecified atom stereocenters. The number of methoxy groups -OCH3 is 1. The quantitative estimate of drug-likeness (QED) is 0.248. The van der Waals surface area contributed by atoms with E-state index in [-0.39, 0.29) is 33.0 Å². The van der Waals surface area contributed by atoms with E-state index >= 15 is 0 Å². The molecule has 6 aliphatic rings. The van der Waals surface area contributed by atoms with E-state index in [4.69, 9.17) is 14.2 Å². The molecule has 5 aliphatic carbocycles. The number of rotatable bonds is 4. The van der Waals surface area contributed by atoms with Crippen molar-refractivity contribution in [3.63, 3.8) is 0 Å². The fraction of sp³-hybridized carbons (Fsp3) is 0.919. The number of allylic oxidation sites excluding steroid dienone is 2. The largest absolute Gasteiger partial charge is 0.432 e. The molecule has 4 saturated carbocycles. The Balaban J connectivity index is 1.35. The highest BCUT2D eigenvalue weighted by atomic mass is 16.7. The lowest BCUT2D eigenvalue weighted by Crippen LogP contribution is -2.65. The minimum Gasteiger partial charge on any atom is -0.432 e. The number of esters is 1. The molecule has 1 saturated heterocycles. The summed E-state index contributed by atoms with van der Waals surface area (Å²) in [6, 6.07) is 0. The van der Waals surface area contributed by atoms with Gasteiger partial charge in [0, 0.05) is 7.11 Å². The highest BCUT2D eigenvalue weighted by Gasteiger charge is 2.69. The summed E-state index contributed by atoms with van der Waals surface area (Å²) in [5.41, 5.74) is 1.15. The molecular formula is C37H60O8. The van der Waals surface area contributed by atoms with Crippen LogP contribution in [0.15, 0.2) is 11.6 Å². The fourth-order valence-electron chi connectivity index (χ4n) is 12.4. The number of carbonyl (C=O) groups is 1. The van der Waals surface area contributed by atoms with E-state index in [1.165, 1.54) is 24.8 Å². The van der Waals surface area contributed by atoms with E-state index in [0.29, 0.717) is 30.8 Å². The van der Waals surface area contributed by atoms with Gasteiger partial charge < -0.3 is 34.6 Å². The number of carbonyl (C=O) groups excluding carboxylic acids is 1. The predicted molar refractivity (Wildman–Crippen MR) is 170 cm³/mol. The van der Waals surface area contributed by atoms with Gasteiger partial charge in [-0.25, -0.2) is 0 Å². The first-order chi connectivity index (χ1) is 20.9. The van der Waals surface area contributed by atoms with Gasteiger partial charge in [0.2, 0.25) is 6.29 Å². The first kappa shape index (κ1) is 33.9. The molecule has 0 radical (unpaired) electrons. The first-order valence-electron chi connectivity index (χ1n) is 17.7. The van der Waals surface area contributed by atoms with Crippen molar-refractivity contribution < 1.29 is 39.4 Å². The molecule has 8 nitrogen and oxygen atoms in total. The maximum absolute atomic E-state index is 14.4. The van der Waals surface area contributed by atoms with Crippen molar-refractivity contribution in [2.75, 3.05) is 13.7 Å². The van der Waals surface area contributed by atoms with Gasteiger partial charge in [0.05, 0.1) is 18.1 Å². The summed E-state index contributed by atoms with van der Waals surface area (Å²) >= 11 is 0. The molecule has 256 valence electrons. The second-order valence-corrected chi connectivity index (χ2v) is 18.1. The summed E-state index contributed by atoms with van der Waals surface area (Å²) in [4.78, 5) is 14.4. The van der Waals surface area contributed by atoms with Crippen molar-refractivity contribution in [1.82, 2.24) is 0 Å². The molecule has 0 aromatic carbocycles. The molecule has 5 fully saturated rings. The molecule has 13 atom stereocenters. The van der Waals surface area contributed by atoms with Crippen molar-refractivity contribution in [3.05, 3.63) is 11.6 Å². The van der Waals surface area contributed by atoms with Crippen LogP contribution in [0.2, 0.25) is 0 Å². The van der Waals surface area contributed by atoms with Crippen LogP contribution in [-0.4, -0.2) is 76.9 Å². The second-order valence-electron chi connectivity index (χ2n) is 18.1. The fourth-order valence-corrected chi connectivity index (χ4v) is 12.4. The summed E-state index contributed by atoms with van der Waals surface area (Å²) < 4.78 is 17.6. The van der Waals surface area contributed by atoms with Gasteiger partial charge in [0.1, 0.15) is 24.4 Å². The van der Waals surface area contributed by atoms with Crippen LogP contribution >= 0.6 is 0 Å². The van der Waals surface area contributed by atoms with E-state index in [2.05, 4.69) is 54.5 Å². The Morgan fingerprint density at radius 3 is 2.24 bits per heavy atom. The molecule has 4 N–H and O–H groups in total. The van der Waals surface area contributed by atoms with E-state index < -0.39 is 48.7 Å². The van der Waals surface area contributed by atoms with Crippen molar-refractivity contribution in [2.45, 2.75) is 149 Å². The molecule has 6 rings (SSSR count). The number of aliphatic hydroxyl groups is 4. The SMILES string of the molecule is COC1CCC2(C)C(CCC3(C)C2CC=C2C4CC(C)(C)CCC4(C(=O)OC4OC(CO)C(O)C(O)C4O)CCC23C)C1(C)C. The molecular weight excluding hydrogens is 572 g/mol. The van der Waals surface area contributed by atoms with Crippen molar-refractivity contribution >= 4 is 5.97 Å². The van der Waals surface area contributed by atoms with E-state index in [1.54, 1.807) is 0 Å². The molecule has 1 heterocycles. The molecule has 0 aromatic rings. The van der Waals surface area contributed by atoms with Crippen molar-refractivity contribution in [3.8, 4) is 0 Å². The van der Waals surface area contributed by atoms with Crippen LogP contribution in [0.25, 0.3) is 0 Å². The van der Waals surface area contributed by atoms with Gasteiger partial charge in [-0.15, -0.1) is 0 Å². The van der Waals surface area contributed by atoms with E-state index in [9.17, 15) is 25.2 Å². The van der Waals surface area contributed by atoms with Crippen LogP contribution in [0.5, 0.6) is 0 Å². The monoisotopic (exact) mass is 632 g/mol. The maximum Gasteiger partial charge on any atom is 0.315 e. The van der Waals surface area contributed by atoms with Gasteiger partial charge >= 0.3 is 5.97 Å². The molecule has 0 spiro atoms. The lowest BCUT2D eigenvalue weighted by Gasteiger charge is -2.71. The molecule has 45 heavy (non-hydrogen) atoms. The summed E-state index contributed by atoms with van der Waals surface area (Å²) in [6.07, 6.45) is 5.34. The highest BCUT2D eigenvalue weighted by Crippen LogP contribution is 2.76. The lowest BCUT2D eigenvalue weighted by atomic mass is 9.33.